The zero-order chi connectivity index (χ0) is 14.5. The standard InChI is InChI=1S/C14H25N3O3/c1-15(10-12(18)16-7-3-4-8-16)11-13(19)17-9-5-6-14(17)20-2/h14H,3-11H2,1-2H3. The molecule has 2 amide bonds. The lowest BCUT2D eigenvalue weighted by atomic mass is 10.4. The molecular formula is C14H25N3O3. The van der Waals surface area contributed by atoms with E-state index in [0.717, 1.165) is 45.3 Å². The first-order valence-electron chi connectivity index (χ1n) is 7.40. The summed E-state index contributed by atoms with van der Waals surface area (Å²) in [6.07, 6.45) is 3.99. The van der Waals surface area contributed by atoms with Crippen molar-refractivity contribution in [2.45, 2.75) is 31.9 Å². The van der Waals surface area contributed by atoms with Crippen LogP contribution in [-0.4, -0.2) is 79.6 Å². The van der Waals surface area contributed by atoms with Gasteiger partial charge in [0, 0.05) is 26.7 Å². The molecule has 2 saturated heterocycles. The van der Waals surface area contributed by atoms with Crippen molar-refractivity contribution in [3.63, 3.8) is 0 Å². The quantitative estimate of drug-likeness (QED) is 0.720. The molecule has 0 aromatic heterocycles. The number of carbonyl (C=O) groups is 2. The van der Waals surface area contributed by atoms with Crippen molar-refractivity contribution in [3.8, 4) is 0 Å². The van der Waals surface area contributed by atoms with Crippen molar-refractivity contribution >= 4 is 11.8 Å². The smallest absolute Gasteiger partial charge is 0.238 e. The molecule has 0 saturated carbocycles. The number of likely N-dealkylation sites (tertiary alicyclic amines) is 2. The van der Waals surface area contributed by atoms with Gasteiger partial charge in [-0.15, -0.1) is 0 Å². The number of ether oxygens (including phenoxy) is 1. The average molecular weight is 283 g/mol. The first-order valence-corrected chi connectivity index (χ1v) is 7.40. The molecule has 1 unspecified atom stereocenters. The third kappa shape index (κ3) is 3.70. The third-order valence-electron chi connectivity index (χ3n) is 4.06. The minimum absolute atomic E-state index is 0.0473. The van der Waals surface area contributed by atoms with E-state index in [4.69, 9.17) is 4.74 Å². The maximum absolute atomic E-state index is 12.2. The number of nitrogens with zero attached hydrogens (tertiary/aromatic N) is 3. The Balaban J connectivity index is 1.77. The van der Waals surface area contributed by atoms with Crippen LogP contribution in [0.2, 0.25) is 0 Å². The number of rotatable bonds is 5. The van der Waals surface area contributed by atoms with E-state index in [2.05, 4.69) is 0 Å². The van der Waals surface area contributed by atoms with E-state index in [9.17, 15) is 9.59 Å². The van der Waals surface area contributed by atoms with Gasteiger partial charge in [0.2, 0.25) is 11.8 Å². The van der Waals surface area contributed by atoms with E-state index in [1.165, 1.54) is 0 Å². The lowest BCUT2D eigenvalue weighted by Gasteiger charge is -2.26. The van der Waals surface area contributed by atoms with Crippen LogP contribution in [0.25, 0.3) is 0 Å². The van der Waals surface area contributed by atoms with E-state index in [-0.39, 0.29) is 24.6 Å². The average Bonchev–Trinajstić information content (AvgIpc) is 3.09. The molecule has 2 heterocycles. The predicted octanol–water partition coefficient (Wildman–Crippen LogP) is 0.136. The second-order valence-corrected chi connectivity index (χ2v) is 5.68. The fourth-order valence-corrected chi connectivity index (χ4v) is 2.94. The Bertz CT molecular complexity index is 356. The highest BCUT2D eigenvalue weighted by molar-refractivity contribution is 5.81. The number of likely N-dealkylation sites (N-methyl/N-ethyl adjacent to an activating group) is 1. The topological polar surface area (TPSA) is 53.1 Å². The summed E-state index contributed by atoms with van der Waals surface area (Å²) in [5.74, 6) is 0.175. The molecule has 1 atom stereocenters. The van der Waals surface area contributed by atoms with Gasteiger partial charge in [0.1, 0.15) is 6.23 Å². The molecule has 6 nitrogen and oxygen atoms in total. The molecule has 2 aliphatic heterocycles. The van der Waals surface area contributed by atoms with Gasteiger partial charge < -0.3 is 14.5 Å². The van der Waals surface area contributed by atoms with Crippen LogP contribution < -0.4 is 0 Å². The van der Waals surface area contributed by atoms with Gasteiger partial charge in [-0.3, -0.25) is 14.5 Å². The van der Waals surface area contributed by atoms with Crippen LogP contribution in [0.4, 0.5) is 0 Å². The Morgan fingerprint density at radius 1 is 1.10 bits per heavy atom. The summed E-state index contributed by atoms with van der Waals surface area (Å²) in [4.78, 5) is 29.7. The van der Waals surface area contributed by atoms with E-state index in [1.807, 2.05) is 11.9 Å². The fourth-order valence-electron chi connectivity index (χ4n) is 2.94. The maximum atomic E-state index is 12.2. The number of amides is 2. The second kappa shape index (κ2) is 7.04. The highest BCUT2D eigenvalue weighted by Crippen LogP contribution is 2.17. The third-order valence-corrected chi connectivity index (χ3v) is 4.06. The van der Waals surface area contributed by atoms with Gasteiger partial charge in [-0.25, -0.2) is 0 Å². The predicted molar refractivity (Wildman–Crippen MR) is 75.1 cm³/mol. The Labute approximate surface area is 120 Å². The molecule has 2 aliphatic rings. The van der Waals surface area contributed by atoms with E-state index in [1.54, 1.807) is 16.9 Å². The molecule has 2 fully saturated rings. The Hall–Kier alpha value is -1.14. The summed E-state index contributed by atoms with van der Waals surface area (Å²) in [5, 5.41) is 0. The fraction of sp³-hybridized carbons (Fsp3) is 0.857. The number of methoxy groups -OCH3 is 1. The molecule has 114 valence electrons. The van der Waals surface area contributed by atoms with Crippen molar-refractivity contribution in [2.24, 2.45) is 0 Å². The molecule has 0 spiro atoms. The van der Waals surface area contributed by atoms with Crippen LogP contribution in [-0.2, 0) is 14.3 Å². The van der Waals surface area contributed by atoms with Crippen molar-refractivity contribution in [3.05, 3.63) is 0 Å². The van der Waals surface area contributed by atoms with Gasteiger partial charge in [-0.2, -0.15) is 0 Å². The van der Waals surface area contributed by atoms with Gasteiger partial charge in [0.05, 0.1) is 13.1 Å². The van der Waals surface area contributed by atoms with Crippen LogP contribution in [0.3, 0.4) is 0 Å². The van der Waals surface area contributed by atoms with E-state index in [0.29, 0.717) is 6.54 Å². The van der Waals surface area contributed by atoms with Crippen molar-refractivity contribution in [2.75, 3.05) is 46.9 Å². The molecular weight excluding hydrogens is 258 g/mol. The van der Waals surface area contributed by atoms with Gasteiger partial charge in [-0.05, 0) is 32.7 Å². The van der Waals surface area contributed by atoms with Gasteiger partial charge in [-0.1, -0.05) is 0 Å². The summed E-state index contributed by atoms with van der Waals surface area (Å²) in [7, 11) is 3.46. The van der Waals surface area contributed by atoms with Crippen molar-refractivity contribution in [1.29, 1.82) is 0 Å². The molecule has 6 heteroatoms. The lowest BCUT2D eigenvalue weighted by molar-refractivity contribution is -0.141. The molecule has 0 aromatic rings. The van der Waals surface area contributed by atoms with Gasteiger partial charge in [0.25, 0.3) is 0 Å². The Morgan fingerprint density at radius 2 is 1.75 bits per heavy atom. The molecule has 0 bridgehead atoms. The van der Waals surface area contributed by atoms with Crippen LogP contribution >= 0.6 is 0 Å². The summed E-state index contributed by atoms with van der Waals surface area (Å²) in [6, 6.07) is 0. The van der Waals surface area contributed by atoms with Crippen molar-refractivity contribution < 1.29 is 14.3 Å². The first kappa shape index (κ1) is 15.3. The minimum atomic E-state index is -0.0924. The highest BCUT2D eigenvalue weighted by atomic mass is 16.5. The monoisotopic (exact) mass is 283 g/mol. The molecule has 0 aromatic carbocycles. The van der Waals surface area contributed by atoms with E-state index >= 15 is 0 Å². The van der Waals surface area contributed by atoms with Crippen LogP contribution in [0.5, 0.6) is 0 Å². The normalized spacial score (nSPS) is 22.9. The minimum Gasteiger partial charge on any atom is -0.362 e. The Kier molecular flexibility index (Phi) is 5.37. The summed E-state index contributed by atoms with van der Waals surface area (Å²) in [6.45, 7) is 3.07. The van der Waals surface area contributed by atoms with Gasteiger partial charge in [0.15, 0.2) is 0 Å². The molecule has 0 N–H and O–H groups in total. The summed E-state index contributed by atoms with van der Waals surface area (Å²) < 4.78 is 5.30. The SMILES string of the molecule is COC1CCCN1C(=O)CN(C)CC(=O)N1CCCC1. The number of carbonyl (C=O) groups excluding carboxylic acids is 2. The van der Waals surface area contributed by atoms with Crippen molar-refractivity contribution in [1.82, 2.24) is 14.7 Å². The Morgan fingerprint density at radius 3 is 2.40 bits per heavy atom. The summed E-state index contributed by atoms with van der Waals surface area (Å²) >= 11 is 0. The maximum Gasteiger partial charge on any atom is 0.238 e. The van der Waals surface area contributed by atoms with Crippen LogP contribution in [0, 0.1) is 0 Å². The van der Waals surface area contributed by atoms with Crippen LogP contribution in [0.1, 0.15) is 25.7 Å². The summed E-state index contributed by atoms with van der Waals surface area (Å²) in [5.41, 5.74) is 0. The first-order chi connectivity index (χ1) is 9.61. The zero-order valence-corrected chi connectivity index (χ0v) is 12.5. The number of hydrogen-bond donors (Lipinski definition) is 0. The highest BCUT2D eigenvalue weighted by Gasteiger charge is 2.29. The molecule has 0 aliphatic carbocycles. The van der Waals surface area contributed by atoms with Gasteiger partial charge >= 0.3 is 0 Å². The second-order valence-electron chi connectivity index (χ2n) is 5.68. The lowest BCUT2D eigenvalue weighted by Crippen LogP contribution is -2.45. The number of hydrogen-bond acceptors (Lipinski definition) is 4. The van der Waals surface area contributed by atoms with Crippen LogP contribution in [0.15, 0.2) is 0 Å². The van der Waals surface area contributed by atoms with E-state index < -0.39 is 0 Å². The molecule has 20 heavy (non-hydrogen) atoms. The largest absolute Gasteiger partial charge is 0.362 e. The zero-order valence-electron chi connectivity index (χ0n) is 12.5. The molecule has 0 radical (unpaired) electrons. The molecule has 2 rings (SSSR count).